The number of carbonyl (C=O) groups excluding carboxylic acids is 1. The second kappa shape index (κ2) is 6.24. The average Bonchev–Trinajstić information content (AvgIpc) is 2.74. The van der Waals surface area contributed by atoms with Crippen LogP contribution in [0.2, 0.25) is 4.34 Å². The van der Waals surface area contributed by atoms with E-state index < -0.39 is 15.6 Å². The van der Waals surface area contributed by atoms with Gasteiger partial charge in [-0.25, -0.2) is 8.42 Å². The molecule has 106 valence electrons. The lowest BCUT2D eigenvalue weighted by molar-refractivity contribution is -0.129. The van der Waals surface area contributed by atoms with E-state index in [0.29, 0.717) is 22.3 Å². The number of thiophene rings is 1. The molecule has 0 aromatic carbocycles. The van der Waals surface area contributed by atoms with Crippen LogP contribution in [0.3, 0.4) is 0 Å². The third-order valence-electron chi connectivity index (χ3n) is 3.04. The van der Waals surface area contributed by atoms with Gasteiger partial charge in [0.1, 0.15) is 5.75 Å². The number of halogens is 1. The first-order chi connectivity index (χ1) is 8.96. The second-order valence-electron chi connectivity index (χ2n) is 4.68. The van der Waals surface area contributed by atoms with E-state index in [1.165, 1.54) is 11.3 Å². The molecule has 1 fully saturated rings. The Hall–Kier alpha value is -0.590. The smallest absolute Gasteiger partial charge is 0.237 e. The lowest BCUT2D eigenvalue weighted by atomic mass is 10.1. The van der Waals surface area contributed by atoms with Crippen molar-refractivity contribution in [2.75, 3.05) is 18.8 Å². The Morgan fingerprint density at radius 1 is 1.26 bits per heavy atom. The largest absolute Gasteiger partial charge is 0.342 e. The molecule has 1 aliphatic heterocycles. The molecule has 0 unspecified atom stereocenters. The number of sulfone groups is 1. The minimum Gasteiger partial charge on any atom is -0.342 e. The van der Waals surface area contributed by atoms with Gasteiger partial charge < -0.3 is 4.90 Å². The molecular formula is C12H16ClNO3S2. The maximum Gasteiger partial charge on any atom is 0.237 e. The highest BCUT2D eigenvalue weighted by Gasteiger charge is 2.23. The minimum atomic E-state index is -3.41. The Labute approximate surface area is 122 Å². The van der Waals surface area contributed by atoms with E-state index in [1.54, 1.807) is 17.0 Å². The van der Waals surface area contributed by atoms with Crippen LogP contribution >= 0.6 is 22.9 Å². The van der Waals surface area contributed by atoms with E-state index in [1.807, 2.05) is 0 Å². The lowest BCUT2D eigenvalue weighted by Gasteiger charge is -2.26. The van der Waals surface area contributed by atoms with Gasteiger partial charge in [0.25, 0.3) is 0 Å². The second-order valence-corrected chi connectivity index (χ2v) is 8.54. The summed E-state index contributed by atoms with van der Waals surface area (Å²) in [6, 6.07) is 3.36. The van der Waals surface area contributed by atoms with Crippen molar-refractivity contribution in [3.63, 3.8) is 0 Å². The molecule has 4 nitrogen and oxygen atoms in total. The van der Waals surface area contributed by atoms with Gasteiger partial charge in [-0.15, -0.1) is 11.3 Å². The van der Waals surface area contributed by atoms with Crippen molar-refractivity contribution in [2.45, 2.75) is 25.0 Å². The monoisotopic (exact) mass is 321 g/mol. The van der Waals surface area contributed by atoms with E-state index in [-0.39, 0.29) is 11.7 Å². The van der Waals surface area contributed by atoms with Crippen LogP contribution in [-0.2, 0) is 20.4 Å². The van der Waals surface area contributed by atoms with Gasteiger partial charge in [-0.05, 0) is 31.4 Å². The zero-order valence-corrected chi connectivity index (χ0v) is 12.9. The summed E-state index contributed by atoms with van der Waals surface area (Å²) in [6.45, 7) is 1.36. The van der Waals surface area contributed by atoms with E-state index in [2.05, 4.69) is 0 Å². The van der Waals surface area contributed by atoms with E-state index in [0.717, 1.165) is 19.3 Å². The molecule has 0 atom stereocenters. The summed E-state index contributed by atoms with van der Waals surface area (Å²) in [5.74, 6) is -0.783. The van der Waals surface area contributed by atoms with Gasteiger partial charge in [-0.3, -0.25) is 4.79 Å². The Balaban J connectivity index is 1.94. The van der Waals surface area contributed by atoms with Gasteiger partial charge in [0, 0.05) is 18.0 Å². The van der Waals surface area contributed by atoms with Gasteiger partial charge in [-0.1, -0.05) is 11.6 Å². The number of piperidine rings is 1. The van der Waals surface area contributed by atoms with Crippen LogP contribution in [-0.4, -0.2) is 38.1 Å². The molecule has 0 aliphatic carbocycles. The standard InChI is InChI=1S/C12H16ClNO3S2/c13-11-5-4-10(18-11)8-19(16,17)9-12(15)14-6-2-1-3-7-14/h4-5H,1-3,6-9H2. The zero-order valence-electron chi connectivity index (χ0n) is 10.5. The van der Waals surface area contributed by atoms with Crippen molar-refractivity contribution in [3.05, 3.63) is 21.3 Å². The van der Waals surface area contributed by atoms with Crippen LogP contribution in [0.1, 0.15) is 24.1 Å². The van der Waals surface area contributed by atoms with E-state index in [4.69, 9.17) is 11.6 Å². The maximum atomic E-state index is 12.0. The molecule has 1 saturated heterocycles. The van der Waals surface area contributed by atoms with Crippen LogP contribution in [0.15, 0.2) is 12.1 Å². The molecule has 1 aromatic heterocycles. The van der Waals surface area contributed by atoms with Crippen molar-refractivity contribution >= 4 is 38.7 Å². The molecule has 0 N–H and O–H groups in total. The molecule has 0 spiro atoms. The summed E-state index contributed by atoms with van der Waals surface area (Å²) >= 11 is 7.00. The predicted octanol–water partition coefficient (Wildman–Crippen LogP) is 2.33. The highest BCUT2D eigenvalue weighted by Crippen LogP contribution is 2.23. The average molecular weight is 322 g/mol. The molecule has 2 rings (SSSR count). The van der Waals surface area contributed by atoms with E-state index >= 15 is 0 Å². The fourth-order valence-corrected chi connectivity index (χ4v) is 4.97. The quantitative estimate of drug-likeness (QED) is 0.855. The summed E-state index contributed by atoms with van der Waals surface area (Å²) in [6.07, 6.45) is 3.04. The van der Waals surface area contributed by atoms with Gasteiger partial charge in [0.2, 0.25) is 5.91 Å². The van der Waals surface area contributed by atoms with Crippen LogP contribution in [0.5, 0.6) is 0 Å². The Morgan fingerprint density at radius 2 is 1.95 bits per heavy atom. The summed E-state index contributed by atoms with van der Waals surface area (Å²) in [4.78, 5) is 14.3. The lowest BCUT2D eigenvalue weighted by Crippen LogP contribution is -2.39. The normalized spacial score (nSPS) is 16.6. The van der Waals surface area contributed by atoms with Crippen LogP contribution in [0, 0.1) is 0 Å². The number of amides is 1. The number of likely N-dealkylation sites (tertiary alicyclic amines) is 1. The number of hydrogen-bond acceptors (Lipinski definition) is 4. The number of nitrogens with zero attached hydrogens (tertiary/aromatic N) is 1. The number of carbonyl (C=O) groups is 1. The molecule has 2 heterocycles. The zero-order chi connectivity index (χ0) is 13.9. The third kappa shape index (κ3) is 4.47. The highest BCUT2D eigenvalue weighted by atomic mass is 35.5. The highest BCUT2D eigenvalue weighted by molar-refractivity contribution is 7.91. The summed E-state index contributed by atoms with van der Waals surface area (Å²) < 4.78 is 24.5. The Bertz CT molecular complexity index is 547. The molecule has 1 amide bonds. The van der Waals surface area contributed by atoms with Crippen molar-refractivity contribution < 1.29 is 13.2 Å². The first-order valence-corrected chi connectivity index (χ1v) is 9.20. The summed E-state index contributed by atoms with van der Waals surface area (Å²) in [5.41, 5.74) is 0. The van der Waals surface area contributed by atoms with Gasteiger partial charge in [0.05, 0.1) is 10.1 Å². The minimum absolute atomic E-state index is 0.107. The Morgan fingerprint density at radius 3 is 2.53 bits per heavy atom. The molecule has 19 heavy (non-hydrogen) atoms. The third-order valence-corrected chi connectivity index (χ3v) is 5.89. The summed E-state index contributed by atoms with van der Waals surface area (Å²) in [5, 5.41) is 0. The first-order valence-electron chi connectivity index (χ1n) is 6.19. The van der Waals surface area contributed by atoms with E-state index in [9.17, 15) is 13.2 Å². The summed E-state index contributed by atoms with van der Waals surface area (Å²) in [7, 11) is -3.41. The fourth-order valence-electron chi connectivity index (χ4n) is 2.12. The predicted molar refractivity (Wildman–Crippen MR) is 77.3 cm³/mol. The SMILES string of the molecule is O=C(CS(=O)(=O)Cc1ccc(Cl)s1)N1CCCCC1. The Kier molecular flexibility index (Phi) is 4.86. The maximum absolute atomic E-state index is 12.0. The molecule has 0 saturated carbocycles. The fraction of sp³-hybridized carbons (Fsp3) is 0.583. The molecule has 7 heteroatoms. The molecule has 0 radical (unpaired) electrons. The number of hydrogen-bond donors (Lipinski definition) is 0. The van der Waals surface area contributed by atoms with Gasteiger partial charge in [0.15, 0.2) is 9.84 Å². The van der Waals surface area contributed by atoms with Crippen molar-refractivity contribution in [1.82, 2.24) is 4.90 Å². The van der Waals surface area contributed by atoms with Crippen LogP contribution < -0.4 is 0 Å². The molecule has 0 bridgehead atoms. The van der Waals surface area contributed by atoms with Crippen molar-refractivity contribution in [3.8, 4) is 0 Å². The van der Waals surface area contributed by atoms with Crippen LogP contribution in [0.25, 0.3) is 0 Å². The molecular weight excluding hydrogens is 306 g/mol. The topological polar surface area (TPSA) is 54.5 Å². The number of rotatable bonds is 4. The molecule has 1 aliphatic rings. The van der Waals surface area contributed by atoms with Crippen molar-refractivity contribution in [2.24, 2.45) is 0 Å². The van der Waals surface area contributed by atoms with Gasteiger partial charge >= 0.3 is 0 Å². The molecule has 1 aromatic rings. The van der Waals surface area contributed by atoms with Gasteiger partial charge in [-0.2, -0.15) is 0 Å². The first kappa shape index (κ1) is 14.8. The van der Waals surface area contributed by atoms with Crippen LogP contribution in [0.4, 0.5) is 0 Å². The van der Waals surface area contributed by atoms with Crippen molar-refractivity contribution in [1.29, 1.82) is 0 Å².